The fraction of sp³-hybridized carbons (Fsp3) is 0.588. The molecule has 1 aliphatic carbocycles. The minimum Gasteiger partial charge on any atom is -0.349 e. The Balaban J connectivity index is 1.75. The van der Waals surface area contributed by atoms with E-state index < -0.39 is 0 Å². The van der Waals surface area contributed by atoms with Gasteiger partial charge in [0.2, 0.25) is 5.91 Å². The normalized spacial score (nSPS) is 29.7. The second-order valence-electron chi connectivity index (χ2n) is 6.45. The highest BCUT2D eigenvalue weighted by molar-refractivity contribution is 6.31. The largest absolute Gasteiger partial charge is 0.349 e. The summed E-state index contributed by atoms with van der Waals surface area (Å²) in [4.78, 5) is 12.9. The van der Waals surface area contributed by atoms with E-state index in [9.17, 15) is 4.79 Å². The number of rotatable bonds is 3. The molecule has 1 aromatic carbocycles. The molecule has 0 aromatic heterocycles. The van der Waals surface area contributed by atoms with Crippen molar-refractivity contribution in [1.82, 2.24) is 10.6 Å². The molecule has 1 amide bonds. The zero-order valence-electron chi connectivity index (χ0n) is 12.5. The quantitative estimate of drug-likeness (QED) is 0.899. The maximum absolute atomic E-state index is 12.9. The van der Waals surface area contributed by atoms with Crippen molar-refractivity contribution in [3.63, 3.8) is 0 Å². The van der Waals surface area contributed by atoms with E-state index in [1.165, 1.54) is 12.8 Å². The van der Waals surface area contributed by atoms with Gasteiger partial charge in [-0.15, -0.1) is 0 Å². The Labute approximate surface area is 131 Å². The van der Waals surface area contributed by atoms with Gasteiger partial charge in [-0.1, -0.05) is 42.6 Å². The minimum absolute atomic E-state index is 0.0521. The number of hydrogen-bond acceptors (Lipinski definition) is 2. The van der Waals surface area contributed by atoms with Gasteiger partial charge in [0.05, 0.1) is 11.5 Å². The number of halogens is 1. The summed E-state index contributed by atoms with van der Waals surface area (Å²) in [7, 11) is 0. The molecule has 2 N–H and O–H groups in total. The lowest BCUT2D eigenvalue weighted by molar-refractivity contribution is -0.134. The second kappa shape index (κ2) is 5.98. The first kappa shape index (κ1) is 14.9. The number of carbonyl (C=O) groups excluding carboxylic acids is 1. The fourth-order valence-electron chi connectivity index (χ4n) is 3.93. The molecule has 3 rings (SSSR count). The highest BCUT2D eigenvalue weighted by Gasteiger charge is 2.50. The van der Waals surface area contributed by atoms with E-state index in [0.717, 1.165) is 31.5 Å². The molecule has 1 aromatic rings. The fourth-order valence-corrected chi connectivity index (χ4v) is 4.23. The second-order valence-corrected chi connectivity index (χ2v) is 6.85. The van der Waals surface area contributed by atoms with Gasteiger partial charge in [-0.25, -0.2) is 0 Å². The molecule has 3 nitrogen and oxygen atoms in total. The number of hydrogen-bond donors (Lipinski definition) is 2. The number of carbonyl (C=O) groups is 1. The van der Waals surface area contributed by atoms with E-state index in [0.29, 0.717) is 10.9 Å². The van der Waals surface area contributed by atoms with Crippen LogP contribution in [-0.2, 0) is 4.79 Å². The maximum Gasteiger partial charge on any atom is 0.228 e. The average Bonchev–Trinajstić information content (AvgIpc) is 2.92. The first-order valence-electron chi connectivity index (χ1n) is 7.89. The predicted molar refractivity (Wildman–Crippen MR) is 85.3 cm³/mol. The molecule has 0 spiro atoms. The van der Waals surface area contributed by atoms with Crippen molar-refractivity contribution >= 4 is 17.5 Å². The van der Waals surface area contributed by atoms with Crippen LogP contribution in [-0.4, -0.2) is 19.0 Å². The molecule has 1 saturated heterocycles. The first-order chi connectivity index (χ1) is 10.1. The van der Waals surface area contributed by atoms with Crippen molar-refractivity contribution in [2.75, 3.05) is 13.1 Å². The van der Waals surface area contributed by atoms with Gasteiger partial charge in [0.1, 0.15) is 0 Å². The third-order valence-electron chi connectivity index (χ3n) is 5.21. The van der Waals surface area contributed by atoms with Crippen molar-refractivity contribution in [3.05, 3.63) is 34.9 Å². The Morgan fingerprint density at radius 1 is 1.43 bits per heavy atom. The zero-order chi connectivity index (χ0) is 14.9. The Hall–Kier alpha value is -1.06. The number of nitrogens with one attached hydrogen (secondary N) is 2. The molecule has 2 aliphatic rings. The third kappa shape index (κ3) is 2.69. The Bertz CT molecular complexity index is 533. The van der Waals surface area contributed by atoms with E-state index in [-0.39, 0.29) is 17.4 Å². The van der Waals surface area contributed by atoms with Crippen LogP contribution in [0.15, 0.2) is 24.3 Å². The molecule has 114 valence electrons. The third-order valence-corrected chi connectivity index (χ3v) is 5.55. The van der Waals surface area contributed by atoms with Crippen LogP contribution in [0.4, 0.5) is 0 Å². The summed E-state index contributed by atoms with van der Waals surface area (Å²) in [5.41, 5.74) is 0.788. The Kier molecular flexibility index (Phi) is 4.23. The summed E-state index contributed by atoms with van der Waals surface area (Å²) < 4.78 is 0. The molecule has 1 aliphatic heterocycles. The molecule has 1 unspecified atom stereocenters. The van der Waals surface area contributed by atoms with Gasteiger partial charge in [-0.3, -0.25) is 4.79 Å². The minimum atomic E-state index is -0.201. The summed E-state index contributed by atoms with van der Waals surface area (Å²) >= 11 is 6.23. The summed E-state index contributed by atoms with van der Waals surface area (Å²) in [5.74, 6) is 0.689. The highest BCUT2D eigenvalue weighted by Crippen LogP contribution is 2.44. The van der Waals surface area contributed by atoms with E-state index in [2.05, 4.69) is 10.6 Å². The highest BCUT2D eigenvalue weighted by atomic mass is 35.5. The van der Waals surface area contributed by atoms with Crippen molar-refractivity contribution in [3.8, 4) is 0 Å². The van der Waals surface area contributed by atoms with Gasteiger partial charge in [0.25, 0.3) is 0 Å². The lowest BCUT2D eigenvalue weighted by Gasteiger charge is -2.38. The van der Waals surface area contributed by atoms with Crippen LogP contribution in [0, 0.1) is 11.3 Å². The molecule has 4 heteroatoms. The summed E-state index contributed by atoms with van der Waals surface area (Å²) in [6.45, 7) is 3.81. The molecular formula is C17H23ClN2O. The molecule has 0 radical (unpaired) electrons. The van der Waals surface area contributed by atoms with E-state index in [1.807, 2.05) is 31.2 Å². The molecular weight excluding hydrogens is 284 g/mol. The van der Waals surface area contributed by atoms with Crippen molar-refractivity contribution < 1.29 is 4.79 Å². The first-order valence-corrected chi connectivity index (χ1v) is 8.27. The van der Waals surface area contributed by atoms with Crippen LogP contribution in [0.5, 0.6) is 0 Å². The van der Waals surface area contributed by atoms with Crippen molar-refractivity contribution in [1.29, 1.82) is 0 Å². The lowest BCUT2D eigenvalue weighted by atomic mass is 9.67. The Morgan fingerprint density at radius 2 is 2.24 bits per heavy atom. The zero-order valence-corrected chi connectivity index (χ0v) is 13.2. The van der Waals surface area contributed by atoms with Gasteiger partial charge in [-0.2, -0.15) is 0 Å². The number of amides is 1. The standard InChI is InChI=1S/C17H23ClN2O/c1-12(14-7-2-3-8-15(14)18)20-16(21)17-9-5-4-6-13(17)10-19-11-17/h2-3,7-8,12-13,19H,4-6,9-11H2,1H3,(H,20,21)/t12?,13-,17+/m0/s1. The molecule has 2 fully saturated rings. The van der Waals surface area contributed by atoms with Crippen LogP contribution in [0.1, 0.15) is 44.2 Å². The van der Waals surface area contributed by atoms with Crippen LogP contribution in [0.3, 0.4) is 0 Å². The van der Waals surface area contributed by atoms with Gasteiger partial charge in [-0.05, 0) is 43.9 Å². The van der Waals surface area contributed by atoms with Crippen LogP contribution in [0.25, 0.3) is 0 Å². The Morgan fingerprint density at radius 3 is 3.05 bits per heavy atom. The van der Waals surface area contributed by atoms with Crippen molar-refractivity contribution in [2.24, 2.45) is 11.3 Å². The van der Waals surface area contributed by atoms with Crippen LogP contribution >= 0.6 is 11.6 Å². The van der Waals surface area contributed by atoms with Crippen LogP contribution in [0.2, 0.25) is 5.02 Å². The number of fused-ring (bicyclic) bond motifs is 1. The predicted octanol–water partition coefficient (Wildman–Crippen LogP) is 3.30. The summed E-state index contributed by atoms with van der Waals surface area (Å²) in [5, 5.41) is 7.34. The van der Waals surface area contributed by atoms with E-state index in [4.69, 9.17) is 11.6 Å². The van der Waals surface area contributed by atoms with Gasteiger partial charge >= 0.3 is 0 Å². The smallest absolute Gasteiger partial charge is 0.228 e. The molecule has 21 heavy (non-hydrogen) atoms. The maximum atomic E-state index is 12.9. The van der Waals surface area contributed by atoms with E-state index in [1.54, 1.807) is 0 Å². The lowest BCUT2D eigenvalue weighted by Crippen LogP contribution is -2.48. The number of benzene rings is 1. The molecule has 3 atom stereocenters. The monoisotopic (exact) mass is 306 g/mol. The molecule has 1 saturated carbocycles. The SMILES string of the molecule is CC(NC(=O)[C@@]12CCCC[C@H]1CNC2)c1ccccc1Cl. The topological polar surface area (TPSA) is 41.1 Å². The summed E-state index contributed by atoms with van der Waals surface area (Å²) in [6, 6.07) is 7.68. The summed E-state index contributed by atoms with van der Waals surface area (Å²) in [6.07, 6.45) is 4.58. The van der Waals surface area contributed by atoms with Gasteiger partial charge in [0, 0.05) is 11.6 Å². The van der Waals surface area contributed by atoms with Crippen LogP contribution < -0.4 is 10.6 Å². The average molecular weight is 307 g/mol. The van der Waals surface area contributed by atoms with E-state index >= 15 is 0 Å². The molecule has 0 bridgehead atoms. The molecule has 1 heterocycles. The van der Waals surface area contributed by atoms with Crippen molar-refractivity contribution in [2.45, 2.75) is 38.6 Å². The van der Waals surface area contributed by atoms with Gasteiger partial charge in [0.15, 0.2) is 0 Å². The van der Waals surface area contributed by atoms with Gasteiger partial charge < -0.3 is 10.6 Å².